The number of terminal acetylenes is 1. The summed E-state index contributed by atoms with van der Waals surface area (Å²) in [6, 6.07) is 6.23. The van der Waals surface area contributed by atoms with Crippen LogP contribution in [0, 0.1) is 53.6 Å². The lowest BCUT2D eigenvalue weighted by Crippen LogP contribution is -2.45. The quantitative estimate of drug-likeness (QED) is 0.378. The van der Waals surface area contributed by atoms with Gasteiger partial charge in [-0.1, -0.05) is 18.6 Å². The second-order valence-electron chi connectivity index (χ2n) is 13.6. The molecule has 1 aromatic heterocycles. The second kappa shape index (κ2) is 11.0. The number of aryl methyl sites for hydroxylation is 1. The molecule has 0 amide bonds. The van der Waals surface area contributed by atoms with E-state index in [0.29, 0.717) is 36.3 Å². The van der Waals surface area contributed by atoms with Crippen LogP contribution in [0.3, 0.4) is 0 Å². The van der Waals surface area contributed by atoms with Crippen molar-refractivity contribution in [1.82, 2.24) is 4.98 Å². The van der Waals surface area contributed by atoms with Crippen molar-refractivity contribution in [3.05, 3.63) is 76.1 Å². The predicted molar refractivity (Wildman–Crippen MR) is 159 cm³/mol. The zero-order valence-electron chi connectivity index (χ0n) is 24.9. The molecule has 4 aliphatic rings. The van der Waals surface area contributed by atoms with Crippen LogP contribution in [0.2, 0.25) is 0 Å². The summed E-state index contributed by atoms with van der Waals surface area (Å²) in [4.78, 5) is 16.4. The first-order valence-electron chi connectivity index (χ1n) is 14.9. The normalized spacial score (nSPS) is 29.0. The van der Waals surface area contributed by atoms with Crippen molar-refractivity contribution in [1.29, 1.82) is 0 Å². The van der Waals surface area contributed by atoms with E-state index >= 15 is 8.78 Å². The summed E-state index contributed by atoms with van der Waals surface area (Å²) in [5.41, 5.74) is 5.18. The Bertz CT molecular complexity index is 1460. The molecule has 41 heavy (non-hydrogen) atoms. The maximum absolute atomic E-state index is 15.8. The van der Waals surface area contributed by atoms with Crippen LogP contribution in [0.15, 0.2) is 53.3 Å². The van der Waals surface area contributed by atoms with Gasteiger partial charge in [-0.25, -0.2) is 8.78 Å². The molecule has 5 unspecified atom stereocenters. The summed E-state index contributed by atoms with van der Waals surface area (Å²) in [5, 5.41) is 11.0. The number of carbonyl (C=O) groups is 1. The topological polar surface area (TPSA) is 50.2 Å². The van der Waals surface area contributed by atoms with Crippen molar-refractivity contribution in [3.63, 3.8) is 0 Å². The van der Waals surface area contributed by atoms with Crippen molar-refractivity contribution < 1.29 is 18.7 Å². The van der Waals surface area contributed by atoms with E-state index < -0.39 is 17.7 Å². The van der Waals surface area contributed by atoms with Crippen LogP contribution in [0.5, 0.6) is 0 Å². The fourth-order valence-electron chi connectivity index (χ4n) is 7.59. The van der Waals surface area contributed by atoms with Gasteiger partial charge in [0, 0.05) is 40.8 Å². The summed E-state index contributed by atoms with van der Waals surface area (Å²) >= 11 is 0. The van der Waals surface area contributed by atoms with Gasteiger partial charge >= 0.3 is 0 Å². The first-order valence-corrected chi connectivity index (χ1v) is 14.9. The molecule has 0 radical (unpaired) electrons. The van der Waals surface area contributed by atoms with Gasteiger partial charge in [0.25, 0.3) is 0 Å². The number of benzene rings is 1. The summed E-state index contributed by atoms with van der Waals surface area (Å²) in [7, 11) is 0. The average molecular weight is 558 g/mol. The molecule has 2 saturated carbocycles. The van der Waals surface area contributed by atoms with E-state index in [1.54, 1.807) is 24.4 Å². The standard InChI is InChI=1S/C30H31F2NO2.C6H10/c1-16-3-4-18(15-33-16)22-12-27(32)23(13-26(22)31)24-14-30(2)25(9-10-28(30)35)21-7-5-17-11-19(34)6-8-20(17)29(21)24;1-5-6(2,3)4/h3-4,11-13,15,21,24-25,28,35H,5-10,14H2,1-2H3;1H,2-4H3. The Morgan fingerprint density at radius 3 is 2.46 bits per heavy atom. The number of rotatable bonds is 2. The van der Waals surface area contributed by atoms with E-state index in [4.69, 9.17) is 6.42 Å². The van der Waals surface area contributed by atoms with Crippen LogP contribution in [-0.4, -0.2) is 22.0 Å². The van der Waals surface area contributed by atoms with Crippen LogP contribution < -0.4 is 0 Å². The average Bonchev–Trinajstić information content (AvgIpc) is 3.23. The maximum atomic E-state index is 15.8. The molecule has 0 saturated heterocycles. The summed E-state index contributed by atoms with van der Waals surface area (Å²) in [6.07, 6.45) is 13.2. The van der Waals surface area contributed by atoms with Gasteiger partial charge in [0.2, 0.25) is 0 Å². The molecule has 5 atom stereocenters. The summed E-state index contributed by atoms with van der Waals surface area (Å²) in [6.45, 7) is 10.0. The molecule has 3 nitrogen and oxygen atoms in total. The highest BCUT2D eigenvalue weighted by molar-refractivity contribution is 5.93. The Hall–Kier alpha value is -3.10. The van der Waals surface area contributed by atoms with Crippen molar-refractivity contribution >= 4 is 5.78 Å². The van der Waals surface area contributed by atoms with E-state index in [1.807, 2.05) is 27.7 Å². The van der Waals surface area contributed by atoms with Crippen molar-refractivity contribution in [3.8, 4) is 23.5 Å². The highest BCUT2D eigenvalue weighted by atomic mass is 19.1. The summed E-state index contributed by atoms with van der Waals surface area (Å²) < 4.78 is 31.4. The number of hydrogen-bond donors (Lipinski definition) is 1. The number of pyridine rings is 1. The minimum atomic E-state index is -0.459. The van der Waals surface area contributed by atoms with Crippen LogP contribution in [0.25, 0.3) is 11.1 Å². The van der Waals surface area contributed by atoms with Crippen LogP contribution in [0.4, 0.5) is 8.78 Å². The van der Waals surface area contributed by atoms with Crippen molar-refractivity contribution in [2.75, 3.05) is 0 Å². The van der Waals surface area contributed by atoms with Crippen LogP contribution >= 0.6 is 0 Å². The molecule has 6 rings (SSSR count). The number of ketones is 1. The molecule has 216 valence electrons. The minimum absolute atomic E-state index is 0.0694. The molecule has 2 fully saturated rings. The molecule has 0 bridgehead atoms. The third-order valence-electron chi connectivity index (χ3n) is 9.80. The van der Waals surface area contributed by atoms with Gasteiger partial charge in [-0.2, -0.15) is 0 Å². The monoisotopic (exact) mass is 557 g/mol. The molecule has 4 aliphatic carbocycles. The third-order valence-corrected chi connectivity index (χ3v) is 9.80. The zero-order valence-corrected chi connectivity index (χ0v) is 24.9. The maximum Gasteiger partial charge on any atom is 0.156 e. The number of hydrogen-bond acceptors (Lipinski definition) is 3. The predicted octanol–water partition coefficient (Wildman–Crippen LogP) is 8.26. The number of allylic oxidation sites excluding steroid dienone is 4. The van der Waals surface area contributed by atoms with Gasteiger partial charge in [0.1, 0.15) is 11.6 Å². The molecular weight excluding hydrogens is 516 g/mol. The van der Waals surface area contributed by atoms with E-state index in [-0.39, 0.29) is 34.0 Å². The van der Waals surface area contributed by atoms with E-state index in [0.717, 1.165) is 37.0 Å². The van der Waals surface area contributed by atoms with Gasteiger partial charge in [0.05, 0.1) is 6.10 Å². The molecule has 0 spiro atoms. The van der Waals surface area contributed by atoms with E-state index in [1.165, 1.54) is 23.3 Å². The fraction of sp³-hybridized carbons (Fsp3) is 0.500. The highest BCUT2D eigenvalue weighted by Gasteiger charge is 2.56. The van der Waals surface area contributed by atoms with E-state index in [9.17, 15) is 9.90 Å². The molecule has 0 aliphatic heterocycles. The van der Waals surface area contributed by atoms with Gasteiger partial charge in [-0.05, 0) is 124 Å². The van der Waals surface area contributed by atoms with Crippen molar-refractivity contribution in [2.45, 2.75) is 91.6 Å². The zero-order chi connectivity index (χ0) is 29.7. The van der Waals surface area contributed by atoms with E-state index in [2.05, 4.69) is 17.8 Å². The van der Waals surface area contributed by atoms with Crippen molar-refractivity contribution in [2.24, 2.45) is 22.7 Å². The molecular formula is C36H41F2NO2. The largest absolute Gasteiger partial charge is 0.393 e. The smallest absolute Gasteiger partial charge is 0.156 e. The second-order valence-corrected chi connectivity index (χ2v) is 13.6. The number of aromatic nitrogens is 1. The molecule has 1 N–H and O–H groups in total. The first-order chi connectivity index (χ1) is 19.3. The summed E-state index contributed by atoms with van der Waals surface area (Å²) in [5.74, 6) is 2.15. The molecule has 5 heteroatoms. The van der Waals surface area contributed by atoms with Crippen LogP contribution in [0.1, 0.15) is 89.8 Å². The van der Waals surface area contributed by atoms with Gasteiger partial charge < -0.3 is 5.11 Å². The number of halogens is 2. The Kier molecular flexibility index (Phi) is 7.85. The lowest BCUT2D eigenvalue weighted by atomic mass is 9.53. The SMILES string of the molecule is C#CC(C)(C)C.Cc1ccc(-c2cc(F)c(C3CC4(C)C(O)CCC4C4CCC5=CC(=O)CCC5=C34)cc2F)cn1. The van der Waals surface area contributed by atoms with Gasteiger partial charge in [-0.15, -0.1) is 12.3 Å². The third kappa shape index (κ3) is 5.56. The lowest BCUT2D eigenvalue weighted by Gasteiger charge is -2.52. The Labute approximate surface area is 243 Å². The highest BCUT2D eigenvalue weighted by Crippen LogP contribution is 2.64. The number of carbonyl (C=O) groups excluding carboxylic acids is 1. The Morgan fingerprint density at radius 2 is 1.80 bits per heavy atom. The van der Waals surface area contributed by atoms with Gasteiger partial charge in [0.15, 0.2) is 5.78 Å². The minimum Gasteiger partial charge on any atom is -0.393 e. The molecule has 1 heterocycles. The fourth-order valence-corrected chi connectivity index (χ4v) is 7.59. The number of nitrogens with zero attached hydrogens (tertiary/aromatic N) is 1. The number of aliphatic hydroxyl groups excluding tert-OH is 1. The number of fused-ring (bicyclic) bond motifs is 4. The Balaban J connectivity index is 0.000000511. The molecule has 1 aromatic carbocycles. The van der Waals surface area contributed by atoms with Gasteiger partial charge in [-0.3, -0.25) is 9.78 Å². The van der Waals surface area contributed by atoms with Crippen LogP contribution in [-0.2, 0) is 4.79 Å². The first kappa shape index (κ1) is 29.4. The Morgan fingerprint density at radius 1 is 1.07 bits per heavy atom. The number of aliphatic hydroxyl groups is 1. The molecule has 2 aromatic rings. The lowest BCUT2D eigenvalue weighted by molar-refractivity contribution is -0.114.